The number of benzene rings is 2. The molecular formula is C17H20N2O. The van der Waals surface area contributed by atoms with Crippen LogP contribution in [0.1, 0.15) is 16.7 Å². The largest absolute Gasteiger partial charge is 0.338 e. The van der Waals surface area contributed by atoms with Crippen molar-refractivity contribution >= 4 is 11.7 Å². The highest BCUT2D eigenvalue weighted by Crippen LogP contribution is 2.09. The van der Waals surface area contributed by atoms with Gasteiger partial charge in [0.15, 0.2) is 0 Å². The Kier molecular flexibility index (Phi) is 4.77. The van der Waals surface area contributed by atoms with E-state index in [9.17, 15) is 4.79 Å². The topological polar surface area (TPSA) is 41.1 Å². The summed E-state index contributed by atoms with van der Waals surface area (Å²) in [6.07, 6.45) is 0.841. The predicted molar refractivity (Wildman–Crippen MR) is 83.1 cm³/mol. The van der Waals surface area contributed by atoms with Crippen LogP contribution in [0, 0.1) is 13.8 Å². The lowest BCUT2D eigenvalue weighted by Crippen LogP contribution is -2.30. The van der Waals surface area contributed by atoms with Gasteiger partial charge in [0.05, 0.1) is 0 Å². The molecule has 0 aromatic heterocycles. The first-order chi connectivity index (χ1) is 9.65. The fraction of sp³-hybridized carbons (Fsp3) is 0.235. The second-order valence-electron chi connectivity index (χ2n) is 4.93. The Morgan fingerprint density at radius 1 is 1.05 bits per heavy atom. The number of carbonyl (C=O) groups is 1. The van der Waals surface area contributed by atoms with E-state index in [1.807, 2.05) is 43.3 Å². The Morgan fingerprint density at radius 2 is 1.85 bits per heavy atom. The van der Waals surface area contributed by atoms with Crippen LogP contribution in [-0.4, -0.2) is 12.6 Å². The number of anilines is 1. The molecule has 20 heavy (non-hydrogen) atoms. The van der Waals surface area contributed by atoms with E-state index in [2.05, 4.69) is 29.7 Å². The van der Waals surface area contributed by atoms with Crippen LogP contribution in [0.5, 0.6) is 0 Å². The summed E-state index contributed by atoms with van der Waals surface area (Å²) in [5.74, 6) is 0. The van der Waals surface area contributed by atoms with Crippen molar-refractivity contribution in [2.45, 2.75) is 20.3 Å². The minimum absolute atomic E-state index is 0.163. The molecule has 0 aliphatic rings. The highest BCUT2D eigenvalue weighted by Gasteiger charge is 2.02. The van der Waals surface area contributed by atoms with Gasteiger partial charge in [-0.2, -0.15) is 0 Å². The first-order valence-corrected chi connectivity index (χ1v) is 6.81. The number of hydrogen-bond acceptors (Lipinski definition) is 1. The Balaban J connectivity index is 1.80. The average Bonchev–Trinajstić information content (AvgIpc) is 2.41. The number of rotatable bonds is 4. The fourth-order valence-electron chi connectivity index (χ4n) is 2.10. The Bertz CT molecular complexity index is 593. The van der Waals surface area contributed by atoms with Crippen LogP contribution in [-0.2, 0) is 6.42 Å². The molecule has 0 atom stereocenters. The number of carbonyl (C=O) groups excluding carboxylic acids is 1. The molecule has 2 aromatic carbocycles. The molecule has 0 radical (unpaired) electrons. The zero-order valence-corrected chi connectivity index (χ0v) is 11.9. The van der Waals surface area contributed by atoms with Gasteiger partial charge in [-0.25, -0.2) is 4.79 Å². The van der Waals surface area contributed by atoms with Crippen LogP contribution in [0.3, 0.4) is 0 Å². The highest BCUT2D eigenvalue weighted by molar-refractivity contribution is 5.89. The van der Waals surface area contributed by atoms with Gasteiger partial charge in [-0.05, 0) is 49.1 Å². The van der Waals surface area contributed by atoms with Gasteiger partial charge in [0, 0.05) is 12.2 Å². The van der Waals surface area contributed by atoms with Gasteiger partial charge in [0.25, 0.3) is 0 Å². The monoisotopic (exact) mass is 268 g/mol. The summed E-state index contributed by atoms with van der Waals surface area (Å²) < 4.78 is 0. The molecule has 3 heteroatoms. The van der Waals surface area contributed by atoms with E-state index in [0.717, 1.165) is 17.7 Å². The zero-order chi connectivity index (χ0) is 14.4. The second-order valence-corrected chi connectivity index (χ2v) is 4.93. The Hall–Kier alpha value is -2.29. The lowest BCUT2D eigenvalue weighted by Gasteiger charge is -2.09. The summed E-state index contributed by atoms with van der Waals surface area (Å²) in [6, 6.07) is 15.8. The molecular weight excluding hydrogens is 248 g/mol. The lowest BCUT2D eigenvalue weighted by molar-refractivity contribution is 0.252. The molecule has 2 rings (SSSR count). The van der Waals surface area contributed by atoms with Gasteiger partial charge < -0.3 is 10.6 Å². The summed E-state index contributed by atoms with van der Waals surface area (Å²) in [4.78, 5) is 11.8. The van der Waals surface area contributed by atoms with E-state index >= 15 is 0 Å². The first kappa shape index (κ1) is 14.1. The molecule has 104 valence electrons. The standard InChI is InChI=1S/C17H20N2O/c1-13-6-5-9-16(12-13)19-17(20)18-11-10-15-8-4-3-7-14(15)2/h3-9,12H,10-11H2,1-2H3,(H2,18,19,20). The molecule has 0 heterocycles. The van der Waals surface area contributed by atoms with Crippen molar-refractivity contribution in [3.05, 3.63) is 65.2 Å². The third-order valence-electron chi connectivity index (χ3n) is 3.22. The van der Waals surface area contributed by atoms with E-state index in [0.29, 0.717) is 6.54 Å². The fourth-order valence-corrected chi connectivity index (χ4v) is 2.10. The molecule has 0 unspecified atom stereocenters. The van der Waals surface area contributed by atoms with Crippen molar-refractivity contribution in [1.29, 1.82) is 0 Å². The number of amides is 2. The van der Waals surface area contributed by atoms with Gasteiger partial charge >= 0.3 is 6.03 Å². The number of nitrogens with one attached hydrogen (secondary N) is 2. The van der Waals surface area contributed by atoms with Crippen molar-refractivity contribution in [3.8, 4) is 0 Å². The molecule has 0 aliphatic heterocycles. The molecule has 2 N–H and O–H groups in total. The molecule has 0 saturated carbocycles. The molecule has 0 saturated heterocycles. The van der Waals surface area contributed by atoms with Gasteiger partial charge in [-0.3, -0.25) is 0 Å². The number of aryl methyl sites for hydroxylation is 2. The van der Waals surface area contributed by atoms with Gasteiger partial charge in [0.1, 0.15) is 0 Å². The van der Waals surface area contributed by atoms with Gasteiger partial charge in [-0.15, -0.1) is 0 Å². The molecule has 3 nitrogen and oxygen atoms in total. The summed E-state index contributed by atoms with van der Waals surface area (Å²) in [5, 5.41) is 5.71. The third-order valence-corrected chi connectivity index (χ3v) is 3.22. The minimum Gasteiger partial charge on any atom is -0.338 e. The van der Waals surface area contributed by atoms with E-state index in [1.165, 1.54) is 11.1 Å². The summed E-state index contributed by atoms with van der Waals surface area (Å²) >= 11 is 0. The summed E-state index contributed by atoms with van der Waals surface area (Å²) in [7, 11) is 0. The molecule has 0 bridgehead atoms. The van der Waals surface area contributed by atoms with Crippen LogP contribution in [0.15, 0.2) is 48.5 Å². The van der Waals surface area contributed by atoms with Crippen molar-refractivity contribution in [1.82, 2.24) is 5.32 Å². The van der Waals surface area contributed by atoms with Crippen LogP contribution in [0.2, 0.25) is 0 Å². The molecule has 0 spiro atoms. The van der Waals surface area contributed by atoms with E-state index in [1.54, 1.807) is 0 Å². The van der Waals surface area contributed by atoms with Crippen molar-refractivity contribution in [2.24, 2.45) is 0 Å². The SMILES string of the molecule is Cc1cccc(NC(=O)NCCc2ccccc2C)c1. The van der Waals surface area contributed by atoms with Crippen LogP contribution < -0.4 is 10.6 Å². The normalized spacial score (nSPS) is 10.1. The van der Waals surface area contributed by atoms with E-state index in [-0.39, 0.29) is 6.03 Å². The molecule has 0 aliphatic carbocycles. The average molecular weight is 268 g/mol. The zero-order valence-electron chi connectivity index (χ0n) is 11.9. The van der Waals surface area contributed by atoms with E-state index in [4.69, 9.17) is 0 Å². The smallest absolute Gasteiger partial charge is 0.319 e. The van der Waals surface area contributed by atoms with Crippen LogP contribution in [0.25, 0.3) is 0 Å². The van der Waals surface area contributed by atoms with Crippen molar-refractivity contribution in [3.63, 3.8) is 0 Å². The Morgan fingerprint density at radius 3 is 2.60 bits per heavy atom. The summed E-state index contributed by atoms with van der Waals surface area (Å²) in [6.45, 7) is 4.71. The molecule has 2 aromatic rings. The Labute approximate surface area is 120 Å². The third kappa shape index (κ3) is 4.12. The number of hydrogen-bond donors (Lipinski definition) is 2. The van der Waals surface area contributed by atoms with Gasteiger partial charge in [-0.1, -0.05) is 36.4 Å². The maximum absolute atomic E-state index is 11.8. The van der Waals surface area contributed by atoms with E-state index < -0.39 is 0 Å². The molecule has 0 fully saturated rings. The van der Waals surface area contributed by atoms with Crippen LogP contribution >= 0.6 is 0 Å². The van der Waals surface area contributed by atoms with Crippen LogP contribution in [0.4, 0.5) is 10.5 Å². The maximum atomic E-state index is 11.8. The highest BCUT2D eigenvalue weighted by atomic mass is 16.2. The van der Waals surface area contributed by atoms with Crippen molar-refractivity contribution in [2.75, 3.05) is 11.9 Å². The minimum atomic E-state index is -0.163. The van der Waals surface area contributed by atoms with Gasteiger partial charge in [0.2, 0.25) is 0 Å². The first-order valence-electron chi connectivity index (χ1n) is 6.81. The lowest BCUT2D eigenvalue weighted by atomic mass is 10.1. The number of urea groups is 1. The predicted octanol–water partition coefficient (Wildman–Crippen LogP) is 3.67. The molecule has 2 amide bonds. The quantitative estimate of drug-likeness (QED) is 0.872. The van der Waals surface area contributed by atoms with Crippen molar-refractivity contribution < 1.29 is 4.79 Å². The summed E-state index contributed by atoms with van der Waals surface area (Å²) in [5.41, 5.74) is 4.47. The maximum Gasteiger partial charge on any atom is 0.319 e. The second kappa shape index (κ2) is 6.75.